The summed E-state index contributed by atoms with van der Waals surface area (Å²) in [4.78, 5) is 23.4. The Morgan fingerprint density at radius 1 is 1.44 bits per heavy atom. The summed E-state index contributed by atoms with van der Waals surface area (Å²) in [5.74, 6) is -0.0825. The van der Waals surface area contributed by atoms with E-state index in [0.29, 0.717) is 5.69 Å². The van der Waals surface area contributed by atoms with Gasteiger partial charge in [-0.15, -0.1) is 0 Å². The van der Waals surface area contributed by atoms with Gasteiger partial charge >= 0.3 is 0 Å². The van der Waals surface area contributed by atoms with Crippen molar-refractivity contribution in [2.75, 3.05) is 19.4 Å². The van der Waals surface area contributed by atoms with Crippen LogP contribution in [0.3, 0.4) is 0 Å². The highest BCUT2D eigenvalue weighted by Gasteiger charge is 2.16. The van der Waals surface area contributed by atoms with Gasteiger partial charge in [0.15, 0.2) is 0 Å². The van der Waals surface area contributed by atoms with E-state index in [1.165, 1.54) is 17.0 Å². The van der Waals surface area contributed by atoms with E-state index in [-0.39, 0.29) is 11.6 Å². The Hall–Kier alpha value is -2.11. The van der Waals surface area contributed by atoms with Gasteiger partial charge in [0.25, 0.3) is 5.69 Å². The topological polar surface area (TPSA) is 75.5 Å². The second-order valence-corrected chi connectivity index (χ2v) is 4.36. The van der Waals surface area contributed by atoms with Crippen molar-refractivity contribution in [2.24, 2.45) is 0 Å². The van der Waals surface area contributed by atoms with Crippen molar-refractivity contribution in [1.82, 2.24) is 4.90 Å². The van der Waals surface area contributed by atoms with E-state index in [1.54, 1.807) is 27.1 Å². The number of carbonyl (C=O) groups is 1. The standard InChI is InChI=1S/C12H17N3O3/c1-8-5-6-10(15(17)18)7-11(8)13-9(2)12(16)14(3)4/h5-7,9,13H,1-4H3. The molecule has 98 valence electrons. The maximum Gasteiger partial charge on any atom is 0.271 e. The number of carbonyl (C=O) groups excluding carboxylic acids is 1. The van der Waals surface area contributed by atoms with E-state index in [4.69, 9.17) is 0 Å². The summed E-state index contributed by atoms with van der Waals surface area (Å²) in [6.45, 7) is 3.56. The highest BCUT2D eigenvalue weighted by atomic mass is 16.6. The van der Waals surface area contributed by atoms with Crippen LogP contribution in [0.4, 0.5) is 11.4 Å². The first-order valence-corrected chi connectivity index (χ1v) is 5.55. The van der Waals surface area contributed by atoms with E-state index < -0.39 is 11.0 Å². The lowest BCUT2D eigenvalue weighted by molar-refractivity contribution is -0.384. The third kappa shape index (κ3) is 3.19. The molecule has 0 aliphatic heterocycles. The van der Waals surface area contributed by atoms with Gasteiger partial charge in [-0.25, -0.2) is 0 Å². The number of amides is 1. The minimum absolute atomic E-state index is 0.00704. The summed E-state index contributed by atoms with van der Waals surface area (Å²) in [6.07, 6.45) is 0. The molecule has 1 aromatic carbocycles. The molecule has 0 aliphatic rings. The Balaban J connectivity index is 2.93. The largest absolute Gasteiger partial charge is 0.373 e. The molecule has 18 heavy (non-hydrogen) atoms. The summed E-state index contributed by atoms with van der Waals surface area (Å²) >= 11 is 0. The Morgan fingerprint density at radius 3 is 2.56 bits per heavy atom. The average Bonchev–Trinajstić information content (AvgIpc) is 2.30. The number of likely N-dealkylation sites (N-methyl/N-ethyl adjacent to an activating group) is 1. The lowest BCUT2D eigenvalue weighted by atomic mass is 10.1. The Bertz CT molecular complexity index is 472. The Labute approximate surface area is 106 Å². The van der Waals surface area contributed by atoms with Crippen LogP contribution >= 0.6 is 0 Å². The average molecular weight is 251 g/mol. The SMILES string of the molecule is Cc1ccc([N+](=O)[O-])cc1NC(C)C(=O)N(C)C. The third-order valence-corrected chi connectivity index (χ3v) is 2.62. The van der Waals surface area contributed by atoms with Gasteiger partial charge in [-0.1, -0.05) is 6.07 Å². The van der Waals surface area contributed by atoms with E-state index in [0.717, 1.165) is 5.56 Å². The molecule has 0 fully saturated rings. The quantitative estimate of drug-likeness (QED) is 0.654. The van der Waals surface area contributed by atoms with Gasteiger partial charge in [0.1, 0.15) is 6.04 Å². The normalized spacial score (nSPS) is 11.8. The van der Waals surface area contributed by atoms with E-state index >= 15 is 0 Å². The van der Waals surface area contributed by atoms with Gasteiger partial charge in [-0.2, -0.15) is 0 Å². The van der Waals surface area contributed by atoms with Gasteiger partial charge in [0.2, 0.25) is 5.91 Å². The first kappa shape index (κ1) is 14.0. The van der Waals surface area contributed by atoms with Crippen LogP contribution in [0.1, 0.15) is 12.5 Å². The van der Waals surface area contributed by atoms with Crippen LogP contribution in [-0.4, -0.2) is 35.9 Å². The maximum atomic E-state index is 11.7. The molecule has 1 N–H and O–H groups in total. The van der Waals surface area contributed by atoms with Gasteiger partial charge in [-0.3, -0.25) is 14.9 Å². The van der Waals surface area contributed by atoms with Crippen LogP contribution in [0.2, 0.25) is 0 Å². The van der Waals surface area contributed by atoms with Crippen LogP contribution < -0.4 is 5.32 Å². The molecule has 0 bridgehead atoms. The number of hydrogen-bond donors (Lipinski definition) is 1. The fourth-order valence-electron chi connectivity index (χ4n) is 1.56. The second kappa shape index (κ2) is 5.48. The molecule has 0 saturated heterocycles. The molecule has 0 aromatic heterocycles. The number of aryl methyl sites for hydroxylation is 1. The van der Waals surface area contributed by atoms with E-state index in [2.05, 4.69) is 5.32 Å². The lowest BCUT2D eigenvalue weighted by Crippen LogP contribution is -2.36. The number of nitro benzene ring substituents is 1. The van der Waals surface area contributed by atoms with Gasteiger partial charge in [-0.05, 0) is 19.4 Å². The number of nitrogens with zero attached hydrogens (tertiary/aromatic N) is 2. The molecular weight excluding hydrogens is 234 g/mol. The Kier molecular flexibility index (Phi) is 4.25. The zero-order valence-corrected chi connectivity index (χ0v) is 10.9. The second-order valence-electron chi connectivity index (χ2n) is 4.36. The minimum Gasteiger partial charge on any atom is -0.373 e. The molecular formula is C12H17N3O3. The van der Waals surface area contributed by atoms with Crippen molar-refractivity contribution in [3.8, 4) is 0 Å². The molecule has 1 unspecified atom stereocenters. The number of rotatable bonds is 4. The smallest absolute Gasteiger partial charge is 0.271 e. The van der Waals surface area contributed by atoms with Crippen molar-refractivity contribution in [2.45, 2.75) is 19.9 Å². The van der Waals surface area contributed by atoms with Crippen molar-refractivity contribution in [3.05, 3.63) is 33.9 Å². The van der Waals surface area contributed by atoms with Crippen molar-refractivity contribution >= 4 is 17.3 Å². The monoisotopic (exact) mass is 251 g/mol. The van der Waals surface area contributed by atoms with Crippen molar-refractivity contribution in [1.29, 1.82) is 0 Å². The molecule has 6 heteroatoms. The van der Waals surface area contributed by atoms with E-state index in [1.807, 2.05) is 6.92 Å². The Morgan fingerprint density at radius 2 is 2.06 bits per heavy atom. The fraction of sp³-hybridized carbons (Fsp3) is 0.417. The molecule has 0 aliphatic carbocycles. The van der Waals surface area contributed by atoms with Gasteiger partial charge < -0.3 is 10.2 Å². The number of nitrogens with one attached hydrogen (secondary N) is 1. The number of non-ortho nitro benzene ring substituents is 1. The highest BCUT2D eigenvalue weighted by Crippen LogP contribution is 2.22. The number of benzene rings is 1. The number of anilines is 1. The van der Waals surface area contributed by atoms with Crippen LogP contribution in [0.25, 0.3) is 0 Å². The van der Waals surface area contributed by atoms with Gasteiger partial charge in [0.05, 0.1) is 4.92 Å². The van der Waals surface area contributed by atoms with Crippen molar-refractivity contribution < 1.29 is 9.72 Å². The van der Waals surface area contributed by atoms with Crippen molar-refractivity contribution in [3.63, 3.8) is 0 Å². The molecule has 1 atom stereocenters. The van der Waals surface area contributed by atoms with Crippen LogP contribution in [0, 0.1) is 17.0 Å². The zero-order valence-electron chi connectivity index (χ0n) is 10.9. The molecule has 0 heterocycles. The molecule has 0 radical (unpaired) electrons. The van der Waals surface area contributed by atoms with Crippen LogP contribution in [-0.2, 0) is 4.79 Å². The summed E-state index contributed by atoms with van der Waals surface area (Å²) in [5, 5.41) is 13.7. The van der Waals surface area contributed by atoms with Crippen LogP contribution in [0.5, 0.6) is 0 Å². The molecule has 0 saturated carbocycles. The predicted molar refractivity (Wildman–Crippen MR) is 69.6 cm³/mol. The summed E-state index contributed by atoms with van der Waals surface area (Å²) in [5.41, 5.74) is 1.47. The summed E-state index contributed by atoms with van der Waals surface area (Å²) < 4.78 is 0. The molecule has 6 nitrogen and oxygen atoms in total. The van der Waals surface area contributed by atoms with Gasteiger partial charge in [0, 0.05) is 31.9 Å². The summed E-state index contributed by atoms with van der Waals surface area (Å²) in [7, 11) is 3.33. The predicted octanol–water partition coefficient (Wildman–Crippen LogP) is 1.79. The fourth-order valence-corrected chi connectivity index (χ4v) is 1.56. The highest BCUT2D eigenvalue weighted by molar-refractivity contribution is 5.84. The lowest BCUT2D eigenvalue weighted by Gasteiger charge is -2.19. The first-order chi connectivity index (χ1) is 8.32. The maximum absolute atomic E-state index is 11.7. The third-order valence-electron chi connectivity index (χ3n) is 2.62. The van der Waals surface area contributed by atoms with Crippen LogP contribution in [0.15, 0.2) is 18.2 Å². The number of nitro groups is 1. The molecule has 0 spiro atoms. The molecule has 1 rings (SSSR count). The molecule has 1 amide bonds. The first-order valence-electron chi connectivity index (χ1n) is 5.55. The number of hydrogen-bond acceptors (Lipinski definition) is 4. The summed E-state index contributed by atoms with van der Waals surface area (Å²) in [6, 6.07) is 4.11. The van der Waals surface area contributed by atoms with E-state index in [9.17, 15) is 14.9 Å². The molecule has 1 aromatic rings. The minimum atomic E-state index is -0.455. The zero-order chi connectivity index (χ0) is 13.9.